The SMILES string of the molecule is COC.O=C([O-])C1(Oc2cc(-c3ccccc3F)nc(-c3ccc(F)cc3)n2)CC1.[Na+]. The van der Waals surface area contributed by atoms with Gasteiger partial charge in [-0.05, 0) is 49.2 Å². The quantitative estimate of drug-likeness (QED) is 0.525. The molecule has 0 bridgehead atoms. The molecule has 1 heterocycles. The maximum Gasteiger partial charge on any atom is 1.00 e. The second-order valence-electron chi connectivity index (χ2n) is 6.69. The third-order valence-electron chi connectivity index (χ3n) is 4.33. The monoisotopic (exact) mass is 436 g/mol. The Morgan fingerprint density at radius 1 is 1.03 bits per heavy atom. The average Bonchev–Trinajstić information content (AvgIpc) is 3.50. The van der Waals surface area contributed by atoms with E-state index in [0.717, 1.165) is 0 Å². The van der Waals surface area contributed by atoms with E-state index in [9.17, 15) is 18.7 Å². The molecule has 31 heavy (non-hydrogen) atoms. The van der Waals surface area contributed by atoms with Crippen molar-refractivity contribution in [3.05, 3.63) is 66.2 Å². The summed E-state index contributed by atoms with van der Waals surface area (Å²) in [6.07, 6.45) is 0.612. The molecule has 4 rings (SSSR count). The molecule has 6 nitrogen and oxygen atoms in total. The van der Waals surface area contributed by atoms with Crippen molar-refractivity contribution < 1.29 is 57.7 Å². The van der Waals surface area contributed by atoms with Gasteiger partial charge in [-0.25, -0.2) is 13.8 Å². The Morgan fingerprint density at radius 2 is 1.65 bits per heavy atom. The minimum absolute atomic E-state index is 0. The maximum absolute atomic E-state index is 14.2. The van der Waals surface area contributed by atoms with Crippen LogP contribution < -0.4 is 39.4 Å². The van der Waals surface area contributed by atoms with Crippen molar-refractivity contribution in [2.24, 2.45) is 0 Å². The molecule has 0 atom stereocenters. The summed E-state index contributed by atoms with van der Waals surface area (Å²) in [5.74, 6) is -2.08. The molecule has 1 fully saturated rings. The first-order chi connectivity index (χ1) is 14.4. The molecule has 0 spiro atoms. The van der Waals surface area contributed by atoms with Crippen molar-refractivity contribution in [3.63, 3.8) is 0 Å². The summed E-state index contributed by atoms with van der Waals surface area (Å²) in [6, 6.07) is 12.9. The van der Waals surface area contributed by atoms with Gasteiger partial charge < -0.3 is 19.4 Å². The smallest absolute Gasteiger partial charge is 0.546 e. The Morgan fingerprint density at radius 3 is 2.19 bits per heavy atom. The zero-order valence-electron chi connectivity index (χ0n) is 17.4. The second-order valence-corrected chi connectivity index (χ2v) is 6.69. The Hall–Kier alpha value is -2.39. The Kier molecular flexibility index (Phi) is 8.64. The van der Waals surface area contributed by atoms with E-state index in [0.29, 0.717) is 18.4 Å². The fraction of sp³-hybridized carbons (Fsp3) is 0.227. The van der Waals surface area contributed by atoms with E-state index >= 15 is 0 Å². The fourth-order valence-corrected chi connectivity index (χ4v) is 2.67. The molecule has 1 saturated carbocycles. The van der Waals surface area contributed by atoms with Crippen LogP contribution >= 0.6 is 0 Å². The summed E-state index contributed by atoms with van der Waals surface area (Å²) < 4.78 is 37.2. The molecule has 3 aromatic rings. The van der Waals surface area contributed by atoms with Gasteiger partial charge in [-0.1, -0.05) is 12.1 Å². The van der Waals surface area contributed by atoms with Gasteiger partial charge in [0, 0.05) is 31.4 Å². The van der Waals surface area contributed by atoms with E-state index in [2.05, 4.69) is 14.7 Å². The summed E-state index contributed by atoms with van der Waals surface area (Å²) in [5.41, 5.74) is -0.489. The largest absolute Gasteiger partial charge is 1.00 e. The first-order valence-electron chi connectivity index (χ1n) is 9.09. The van der Waals surface area contributed by atoms with Gasteiger partial charge in [0.25, 0.3) is 0 Å². The number of carbonyl (C=O) groups is 1. The zero-order valence-corrected chi connectivity index (χ0v) is 19.4. The van der Waals surface area contributed by atoms with Crippen LogP contribution in [0, 0.1) is 11.6 Å². The molecule has 1 aliphatic rings. The van der Waals surface area contributed by atoms with Gasteiger partial charge in [-0.2, -0.15) is 4.98 Å². The van der Waals surface area contributed by atoms with E-state index in [4.69, 9.17) is 4.74 Å². The van der Waals surface area contributed by atoms with Gasteiger partial charge in [0.1, 0.15) is 11.6 Å². The number of methoxy groups -OCH3 is 1. The molecule has 156 valence electrons. The normalized spacial score (nSPS) is 13.3. The molecule has 0 radical (unpaired) electrons. The predicted octanol–water partition coefficient (Wildman–Crippen LogP) is 0.0167. The first-order valence-corrected chi connectivity index (χ1v) is 9.09. The predicted molar refractivity (Wildman–Crippen MR) is 103 cm³/mol. The number of rotatable bonds is 5. The second kappa shape index (κ2) is 10.8. The minimum Gasteiger partial charge on any atom is -0.546 e. The molecule has 1 aliphatic carbocycles. The van der Waals surface area contributed by atoms with Gasteiger partial charge in [0.15, 0.2) is 11.4 Å². The number of benzene rings is 2. The van der Waals surface area contributed by atoms with Crippen molar-refractivity contribution in [1.82, 2.24) is 9.97 Å². The Bertz CT molecular complexity index is 1040. The number of ether oxygens (including phenoxy) is 2. The van der Waals surface area contributed by atoms with Crippen LogP contribution in [0.3, 0.4) is 0 Å². The number of aliphatic carboxylic acids is 1. The van der Waals surface area contributed by atoms with Gasteiger partial charge in [0.05, 0.1) is 11.7 Å². The molecule has 0 unspecified atom stereocenters. The van der Waals surface area contributed by atoms with Crippen molar-refractivity contribution in [2.45, 2.75) is 18.4 Å². The van der Waals surface area contributed by atoms with Crippen LogP contribution in [-0.2, 0) is 9.53 Å². The summed E-state index contributed by atoms with van der Waals surface area (Å²) in [7, 11) is 3.25. The number of hydrogen-bond acceptors (Lipinski definition) is 6. The number of nitrogens with zero attached hydrogens (tertiary/aromatic N) is 2. The average molecular weight is 436 g/mol. The van der Waals surface area contributed by atoms with Crippen LogP contribution in [0.5, 0.6) is 5.88 Å². The van der Waals surface area contributed by atoms with Gasteiger partial charge in [-0.3, -0.25) is 0 Å². The molecule has 0 N–H and O–H groups in total. The van der Waals surface area contributed by atoms with Crippen molar-refractivity contribution >= 4 is 5.97 Å². The molecule has 0 amide bonds. The number of carbonyl (C=O) groups excluding carboxylic acids is 1. The molecule has 9 heteroatoms. The number of aromatic nitrogens is 2. The number of carboxylic acids is 1. The minimum atomic E-state index is -1.42. The van der Waals surface area contributed by atoms with Crippen LogP contribution in [0.4, 0.5) is 8.78 Å². The summed E-state index contributed by atoms with van der Waals surface area (Å²) in [6.45, 7) is 0. The molecule has 1 aromatic heterocycles. The maximum atomic E-state index is 14.2. The molecule has 2 aromatic carbocycles. The Balaban J connectivity index is 0.000000808. The summed E-state index contributed by atoms with van der Waals surface area (Å²) >= 11 is 0. The molecule has 0 saturated heterocycles. The van der Waals surface area contributed by atoms with Crippen molar-refractivity contribution in [1.29, 1.82) is 0 Å². The van der Waals surface area contributed by atoms with Crippen molar-refractivity contribution in [2.75, 3.05) is 14.2 Å². The van der Waals surface area contributed by atoms with E-state index in [1.165, 1.54) is 36.4 Å². The van der Waals surface area contributed by atoms with E-state index < -0.39 is 23.2 Å². The topological polar surface area (TPSA) is 84.4 Å². The molecular formula is C22H19F2N2NaO4. The number of hydrogen-bond donors (Lipinski definition) is 0. The van der Waals surface area contributed by atoms with E-state index in [-0.39, 0.29) is 52.5 Å². The van der Waals surface area contributed by atoms with Crippen molar-refractivity contribution in [3.8, 4) is 28.5 Å². The van der Waals surface area contributed by atoms with Gasteiger partial charge in [-0.15, -0.1) is 0 Å². The first kappa shape index (κ1) is 24.9. The Labute approximate surface area is 200 Å². The van der Waals surface area contributed by atoms with E-state index in [1.54, 1.807) is 32.4 Å². The van der Waals surface area contributed by atoms with Crippen LogP contribution in [0.25, 0.3) is 22.6 Å². The fourth-order valence-electron chi connectivity index (χ4n) is 2.67. The zero-order chi connectivity index (χ0) is 21.7. The molecule has 0 aliphatic heterocycles. The van der Waals surface area contributed by atoms with Crippen LogP contribution in [0.15, 0.2) is 54.6 Å². The van der Waals surface area contributed by atoms with Crippen LogP contribution in [0.1, 0.15) is 12.8 Å². The number of carboxylic acid groups (broad SMARTS) is 1. The van der Waals surface area contributed by atoms with Gasteiger partial charge >= 0.3 is 29.6 Å². The molecular weight excluding hydrogens is 417 g/mol. The van der Waals surface area contributed by atoms with E-state index in [1.807, 2.05) is 0 Å². The summed E-state index contributed by atoms with van der Waals surface area (Å²) in [5, 5.41) is 11.3. The van der Waals surface area contributed by atoms with Crippen LogP contribution in [0.2, 0.25) is 0 Å². The summed E-state index contributed by atoms with van der Waals surface area (Å²) in [4.78, 5) is 19.9. The van der Waals surface area contributed by atoms with Gasteiger partial charge in [0.2, 0.25) is 5.88 Å². The standard InChI is InChI=1S/C20H14F2N2O3.C2H6O.Na/c21-13-7-5-12(6-8-13)18-23-16(14-3-1-2-4-15(14)22)11-17(24-18)27-20(9-10-20)19(25)26;1-3-2;/h1-8,11H,9-10H2,(H,25,26);1-2H3;/q;;+1/p-1. The van der Waals surface area contributed by atoms with Crippen LogP contribution in [-0.4, -0.2) is 35.8 Å². The third kappa shape index (κ3) is 6.07. The third-order valence-corrected chi connectivity index (χ3v) is 4.33. The number of halogens is 2.